The first kappa shape index (κ1) is 21.3. The van der Waals surface area contributed by atoms with E-state index >= 15 is 0 Å². The van der Waals surface area contributed by atoms with Crippen LogP contribution in [0, 0.1) is 0 Å². The first-order chi connectivity index (χ1) is 15.7. The van der Waals surface area contributed by atoms with Crippen LogP contribution in [0.2, 0.25) is 0 Å². The molecule has 1 aromatic heterocycles. The average Bonchev–Trinajstić information content (AvgIpc) is 3.30. The van der Waals surface area contributed by atoms with Crippen molar-refractivity contribution in [3.8, 4) is 0 Å². The number of aromatic amines is 1. The summed E-state index contributed by atoms with van der Waals surface area (Å²) in [6.07, 6.45) is 5.99. The Morgan fingerprint density at radius 3 is 2.41 bits per heavy atom. The van der Waals surface area contributed by atoms with Crippen molar-refractivity contribution in [2.45, 2.75) is 20.3 Å². The number of carbonyl (C=O) groups excluding carboxylic acids is 1. The van der Waals surface area contributed by atoms with Gasteiger partial charge in [0, 0.05) is 11.5 Å². The normalized spacial score (nSPS) is 12.2. The minimum Gasteiger partial charge on any atom is -0.463 e. The Balaban J connectivity index is 1.81. The third kappa shape index (κ3) is 4.70. The van der Waals surface area contributed by atoms with Crippen molar-refractivity contribution in [3.05, 3.63) is 107 Å². The molecule has 0 radical (unpaired) electrons. The van der Waals surface area contributed by atoms with E-state index in [1.54, 1.807) is 13.0 Å². The number of rotatable bonds is 7. The van der Waals surface area contributed by atoms with E-state index in [1.165, 1.54) is 22.8 Å². The van der Waals surface area contributed by atoms with E-state index in [2.05, 4.69) is 71.7 Å². The van der Waals surface area contributed by atoms with E-state index in [-0.39, 0.29) is 5.97 Å². The zero-order valence-electron chi connectivity index (χ0n) is 18.3. The number of hydrogen-bond acceptors (Lipinski definition) is 3. The molecule has 0 unspecified atom stereocenters. The minimum absolute atomic E-state index is 0.331. The van der Waals surface area contributed by atoms with Gasteiger partial charge in [0.25, 0.3) is 0 Å². The summed E-state index contributed by atoms with van der Waals surface area (Å²) < 4.78 is 4.97. The summed E-state index contributed by atoms with van der Waals surface area (Å²) in [4.78, 5) is 11.6. The summed E-state index contributed by atoms with van der Waals surface area (Å²) in [5.41, 5.74) is 7.93. The van der Waals surface area contributed by atoms with Crippen molar-refractivity contribution < 1.29 is 9.53 Å². The van der Waals surface area contributed by atoms with Gasteiger partial charge < -0.3 is 4.74 Å². The highest BCUT2D eigenvalue weighted by molar-refractivity contribution is 6.00. The first-order valence-corrected chi connectivity index (χ1v) is 10.9. The Bertz CT molecular complexity index is 1270. The summed E-state index contributed by atoms with van der Waals surface area (Å²) in [5, 5.41) is 8.28. The van der Waals surface area contributed by atoms with Crippen molar-refractivity contribution in [2.75, 3.05) is 6.61 Å². The molecule has 0 bridgehead atoms. The minimum atomic E-state index is -0.331. The second kappa shape index (κ2) is 9.92. The molecule has 4 rings (SSSR count). The van der Waals surface area contributed by atoms with Gasteiger partial charge in [-0.3, -0.25) is 5.10 Å². The van der Waals surface area contributed by atoms with Crippen LogP contribution in [0.15, 0.2) is 85.1 Å². The summed E-state index contributed by atoms with van der Waals surface area (Å²) in [6.45, 7) is 4.36. The Labute approximate surface area is 188 Å². The maximum absolute atomic E-state index is 11.6. The maximum atomic E-state index is 11.6. The number of fused-ring (bicyclic) bond motifs is 1. The lowest BCUT2D eigenvalue weighted by atomic mass is 9.87. The molecule has 4 aromatic rings. The van der Waals surface area contributed by atoms with Gasteiger partial charge in [0.15, 0.2) is 0 Å². The molecular formula is C28H26N2O2. The van der Waals surface area contributed by atoms with Crippen LogP contribution in [-0.4, -0.2) is 22.8 Å². The standard InChI is InChI=1S/C28H26N2O2/c1-3-25(21-8-6-5-7-9-21)28(23-15-16-26-24(18-23)19-29-30-26)22-13-10-20(11-14-22)12-17-27(31)32-4-2/h5-19H,3-4H2,1-2H3,(H,29,30)/b17-12+,28-25+. The molecule has 1 N–H and O–H groups in total. The molecule has 32 heavy (non-hydrogen) atoms. The van der Waals surface area contributed by atoms with E-state index in [0.717, 1.165) is 34.0 Å². The number of benzene rings is 3. The van der Waals surface area contributed by atoms with Gasteiger partial charge in [-0.1, -0.05) is 67.6 Å². The highest BCUT2D eigenvalue weighted by atomic mass is 16.5. The third-order valence-corrected chi connectivity index (χ3v) is 5.40. The Kier molecular flexibility index (Phi) is 6.61. The number of hydrogen-bond donors (Lipinski definition) is 1. The van der Waals surface area contributed by atoms with Gasteiger partial charge in [-0.25, -0.2) is 4.79 Å². The number of ether oxygens (including phenoxy) is 1. The van der Waals surface area contributed by atoms with Crippen LogP contribution >= 0.6 is 0 Å². The van der Waals surface area contributed by atoms with Crippen molar-refractivity contribution in [1.29, 1.82) is 0 Å². The van der Waals surface area contributed by atoms with Gasteiger partial charge in [0.1, 0.15) is 0 Å². The Morgan fingerprint density at radius 2 is 1.69 bits per heavy atom. The van der Waals surface area contributed by atoms with Gasteiger partial charge in [0.05, 0.1) is 18.3 Å². The van der Waals surface area contributed by atoms with E-state index in [0.29, 0.717) is 6.61 Å². The number of nitrogens with zero attached hydrogens (tertiary/aromatic N) is 1. The Hall–Kier alpha value is -3.92. The molecule has 3 aromatic carbocycles. The van der Waals surface area contributed by atoms with Crippen LogP contribution in [-0.2, 0) is 9.53 Å². The molecule has 4 heteroatoms. The monoisotopic (exact) mass is 422 g/mol. The number of nitrogens with one attached hydrogen (secondary N) is 1. The summed E-state index contributed by atoms with van der Waals surface area (Å²) >= 11 is 0. The van der Waals surface area contributed by atoms with Crippen molar-refractivity contribution in [1.82, 2.24) is 10.2 Å². The Morgan fingerprint density at radius 1 is 0.938 bits per heavy atom. The lowest BCUT2D eigenvalue weighted by molar-refractivity contribution is -0.137. The van der Waals surface area contributed by atoms with Gasteiger partial charge >= 0.3 is 5.97 Å². The summed E-state index contributed by atoms with van der Waals surface area (Å²) in [5.74, 6) is -0.331. The van der Waals surface area contributed by atoms with Crippen molar-refractivity contribution in [2.24, 2.45) is 0 Å². The number of aromatic nitrogens is 2. The van der Waals surface area contributed by atoms with E-state index in [4.69, 9.17) is 4.74 Å². The predicted molar refractivity (Wildman–Crippen MR) is 131 cm³/mol. The van der Waals surface area contributed by atoms with Crippen LogP contribution in [0.1, 0.15) is 42.5 Å². The second-order valence-corrected chi connectivity index (χ2v) is 7.45. The van der Waals surface area contributed by atoms with Gasteiger partial charge in [-0.05, 0) is 65.0 Å². The molecule has 0 aliphatic carbocycles. The van der Waals surface area contributed by atoms with E-state index in [9.17, 15) is 4.79 Å². The molecule has 0 fully saturated rings. The highest BCUT2D eigenvalue weighted by Gasteiger charge is 2.14. The van der Waals surface area contributed by atoms with Gasteiger partial charge in [-0.15, -0.1) is 0 Å². The van der Waals surface area contributed by atoms with Gasteiger partial charge in [-0.2, -0.15) is 5.10 Å². The second-order valence-electron chi connectivity index (χ2n) is 7.45. The molecule has 1 heterocycles. The molecule has 0 amide bonds. The highest BCUT2D eigenvalue weighted by Crippen LogP contribution is 2.35. The fraction of sp³-hybridized carbons (Fsp3) is 0.143. The largest absolute Gasteiger partial charge is 0.463 e. The molecule has 0 atom stereocenters. The van der Waals surface area contributed by atoms with Crippen LogP contribution in [0.5, 0.6) is 0 Å². The molecule has 0 saturated heterocycles. The lowest BCUT2D eigenvalue weighted by Crippen LogP contribution is -1.98. The summed E-state index contributed by atoms with van der Waals surface area (Å²) in [6, 6.07) is 25.2. The molecule has 0 aliphatic rings. The topological polar surface area (TPSA) is 55.0 Å². The predicted octanol–water partition coefficient (Wildman–Crippen LogP) is 6.51. The van der Waals surface area contributed by atoms with Gasteiger partial charge in [0.2, 0.25) is 0 Å². The average molecular weight is 423 g/mol. The fourth-order valence-electron chi connectivity index (χ4n) is 3.89. The molecule has 4 nitrogen and oxygen atoms in total. The smallest absolute Gasteiger partial charge is 0.330 e. The molecule has 0 saturated carbocycles. The van der Waals surface area contributed by atoms with Crippen molar-refractivity contribution >= 4 is 34.1 Å². The lowest BCUT2D eigenvalue weighted by Gasteiger charge is -2.17. The summed E-state index contributed by atoms with van der Waals surface area (Å²) in [7, 11) is 0. The zero-order valence-corrected chi connectivity index (χ0v) is 18.3. The number of carbonyl (C=O) groups is 1. The zero-order chi connectivity index (χ0) is 22.3. The van der Waals surface area contributed by atoms with Crippen LogP contribution in [0.3, 0.4) is 0 Å². The fourth-order valence-corrected chi connectivity index (χ4v) is 3.89. The third-order valence-electron chi connectivity index (χ3n) is 5.40. The number of H-pyrrole nitrogens is 1. The van der Waals surface area contributed by atoms with Crippen LogP contribution < -0.4 is 0 Å². The number of esters is 1. The van der Waals surface area contributed by atoms with Crippen LogP contribution in [0.4, 0.5) is 0 Å². The number of allylic oxidation sites excluding steroid dienone is 1. The van der Waals surface area contributed by atoms with E-state index in [1.807, 2.05) is 24.4 Å². The molecule has 0 aliphatic heterocycles. The molecule has 0 spiro atoms. The quantitative estimate of drug-likeness (QED) is 0.210. The maximum Gasteiger partial charge on any atom is 0.330 e. The SMILES string of the molecule is CCOC(=O)/C=C/c1ccc(/C(=C(/CC)c2ccccc2)c2ccc3[nH]ncc3c2)cc1. The first-order valence-electron chi connectivity index (χ1n) is 10.9. The van der Waals surface area contributed by atoms with Crippen molar-refractivity contribution in [3.63, 3.8) is 0 Å². The van der Waals surface area contributed by atoms with Crippen LogP contribution in [0.25, 0.3) is 28.1 Å². The molecule has 160 valence electrons. The molecular weight excluding hydrogens is 396 g/mol. The van der Waals surface area contributed by atoms with E-state index < -0.39 is 0 Å².